The highest BCUT2D eigenvalue weighted by Crippen LogP contribution is 2.26. The molecule has 0 heterocycles. The quantitative estimate of drug-likeness (QED) is 0.301. The van der Waals surface area contributed by atoms with E-state index in [1.54, 1.807) is 36.4 Å². The maximum absolute atomic E-state index is 13.9. The third kappa shape index (κ3) is 5.17. The second kappa shape index (κ2) is 10.1. The molecule has 0 radical (unpaired) electrons. The second-order valence-corrected chi connectivity index (χ2v) is 9.04. The second-order valence-electron chi connectivity index (χ2n) is 7.29. The topological polar surface area (TPSA) is 21.5 Å². The summed E-state index contributed by atoms with van der Waals surface area (Å²) in [7, 11) is 0. The van der Waals surface area contributed by atoms with Crippen LogP contribution in [0.3, 0.4) is 0 Å². The molecule has 1 unspecified atom stereocenters. The lowest BCUT2D eigenvalue weighted by Gasteiger charge is -2.27. The Morgan fingerprint density at radius 1 is 0.531 bits per heavy atom. The van der Waals surface area contributed by atoms with Crippen molar-refractivity contribution in [1.82, 2.24) is 0 Å². The minimum absolute atomic E-state index is 0.0983. The zero-order valence-electron chi connectivity index (χ0n) is 16.7. The van der Waals surface area contributed by atoms with Crippen LogP contribution < -0.4 is 4.90 Å². The Balaban J connectivity index is 1.91. The Kier molecular flexibility index (Phi) is 7.20. The van der Waals surface area contributed by atoms with Crippen LogP contribution in [0.2, 0.25) is 20.1 Å². The molecule has 0 aromatic heterocycles. The van der Waals surface area contributed by atoms with E-state index < -0.39 is 0 Å². The lowest BCUT2D eigenvalue weighted by molar-refractivity contribution is -0.772. The molecule has 0 aliphatic heterocycles. The summed E-state index contributed by atoms with van der Waals surface area (Å²) in [5.41, 5.74) is 3.20. The maximum atomic E-state index is 13.9. The average Bonchev–Trinajstić information content (AvgIpc) is 2.80. The number of amides is 1. The molecule has 0 fully saturated rings. The number of hydrogen-bond acceptors (Lipinski definition) is 1. The normalized spacial score (nSPS) is 12.0. The van der Waals surface area contributed by atoms with Gasteiger partial charge in [0.05, 0.1) is 5.56 Å². The summed E-state index contributed by atoms with van der Waals surface area (Å²) in [5, 5.41) is 2.42. The largest absolute Gasteiger partial charge is 0.350 e. The predicted octanol–water partition coefficient (Wildman–Crippen LogP) is 7.45. The van der Waals surface area contributed by atoms with Crippen LogP contribution in [0, 0.1) is 0 Å². The van der Waals surface area contributed by atoms with Gasteiger partial charge in [0.1, 0.15) is 5.69 Å². The van der Waals surface area contributed by atoms with E-state index in [9.17, 15) is 4.79 Å². The third-order valence-electron chi connectivity index (χ3n) is 5.20. The van der Waals surface area contributed by atoms with Crippen molar-refractivity contribution < 1.29 is 9.69 Å². The van der Waals surface area contributed by atoms with Crippen molar-refractivity contribution in [3.05, 3.63) is 134 Å². The van der Waals surface area contributed by atoms with Gasteiger partial charge in [-0.05, 0) is 60.7 Å². The van der Waals surface area contributed by atoms with Crippen LogP contribution in [-0.4, -0.2) is 5.91 Å². The van der Waals surface area contributed by atoms with Crippen LogP contribution >= 0.6 is 46.4 Å². The van der Waals surface area contributed by atoms with Gasteiger partial charge < -0.3 is 0 Å². The number of rotatable bonds is 5. The van der Waals surface area contributed by atoms with Crippen molar-refractivity contribution in [2.45, 2.75) is 6.04 Å². The zero-order chi connectivity index (χ0) is 22.7. The fraction of sp³-hybridized carbons (Fsp3) is 0.0385. The minimum Gasteiger partial charge on any atom is -0.225 e. The summed E-state index contributed by atoms with van der Waals surface area (Å²) < 4.78 is 0. The summed E-state index contributed by atoms with van der Waals surface area (Å²) in [5.74, 6) is -0.0983. The van der Waals surface area contributed by atoms with Gasteiger partial charge in [-0.15, -0.1) is 0 Å². The van der Waals surface area contributed by atoms with Crippen molar-refractivity contribution in [1.29, 1.82) is 0 Å². The first-order valence-electron chi connectivity index (χ1n) is 9.86. The highest BCUT2D eigenvalue weighted by Gasteiger charge is 2.35. The average molecular weight is 502 g/mol. The summed E-state index contributed by atoms with van der Waals surface area (Å²) in [6, 6.07) is 28.9. The maximum Gasteiger partial charge on any atom is 0.350 e. The number of nitrogens with one attached hydrogen (secondary N) is 1. The molecule has 4 rings (SSSR count). The molecule has 32 heavy (non-hydrogen) atoms. The monoisotopic (exact) mass is 500 g/mol. The van der Waals surface area contributed by atoms with E-state index in [0.717, 1.165) is 16.8 Å². The van der Waals surface area contributed by atoms with Crippen LogP contribution in [-0.2, 0) is 0 Å². The fourth-order valence-corrected chi connectivity index (χ4v) is 4.16. The van der Waals surface area contributed by atoms with Crippen molar-refractivity contribution in [3.8, 4) is 0 Å². The predicted molar refractivity (Wildman–Crippen MR) is 133 cm³/mol. The Morgan fingerprint density at radius 2 is 0.875 bits per heavy atom. The van der Waals surface area contributed by atoms with Gasteiger partial charge in [-0.2, -0.15) is 0 Å². The molecule has 160 valence electrons. The van der Waals surface area contributed by atoms with Gasteiger partial charge >= 0.3 is 5.91 Å². The summed E-state index contributed by atoms with van der Waals surface area (Å²) in [4.78, 5) is 14.5. The van der Waals surface area contributed by atoms with Crippen LogP contribution in [0.5, 0.6) is 0 Å². The molecule has 1 atom stereocenters. The van der Waals surface area contributed by atoms with Gasteiger partial charge in [-0.25, -0.2) is 9.69 Å². The molecule has 4 aromatic carbocycles. The van der Waals surface area contributed by atoms with E-state index in [2.05, 4.69) is 0 Å². The number of carbonyl (C=O) groups is 1. The van der Waals surface area contributed by atoms with E-state index in [1.165, 1.54) is 0 Å². The van der Waals surface area contributed by atoms with Crippen molar-refractivity contribution >= 4 is 58.0 Å². The first kappa shape index (κ1) is 22.8. The minimum atomic E-state index is -0.353. The fourth-order valence-electron chi connectivity index (χ4n) is 3.65. The van der Waals surface area contributed by atoms with Crippen LogP contribution in [0.25, 0.3) is 0 Å². The smallest absolute Gasteiger partial charge is 0.225 e. The highest BCUT2D eigenvalue weighted by molar-refractivity contribution is 6.31. The van der Waals surface area contributed by atoms with Crippen molar-refractivity contribution in [3.63, 3.8) is 0 Å². The summed E-state index contributed by atoms with van der Waals surface area (Å²) in [6.45, 7) is 0. The van der Waals surface area contributed by atoms with Crippen LogP contribution in [0.15, 0.2) is 97.1 Å². The van der Waals surface area contributed by atoms with Gasteiger partial charge in [0.25, 0.3) is 0 Å². The Morgan fingerprint density at radius 3 is 1.28 bits per heavy atom. The zero-order valence-corrected chi connectivity index (χ0v) is 19.8. The number of hydrogen-bond donors (Lipinski definition) is 1. The molecule has 1 amide bonds. The van der Waals surface area contributed by atoms with E-state index in [1.807, 2.05) is 60.7 Å². The van der Waals surface area contributed by atoms with Crippen LogP contribution in [0.4, 0.5) is 5.69 Å². The molecule has 6 heteroatoms. The molecular weight excluding hydrogens is 484 g/mol. The number of carbonyl (C=O) groups excluding carboxylic acids is 1. The number of quaternary nitrogens is 1. The van der Waals surface area contributed by atoms with Crippen molar-refractivity contribution in [2.75, 3.05) is 0 Å². The summed E-state index contributed by atoms with van der Waals surface area (Å²) in [6.07, 6.45) is 0. The first-order chi connectivity index (χ1) is 15.4. The lowest BCUT2D eigenvalue weighted by atomic mass is 9.95. The molecule has 0 bridgehead atoms. The van der Waals surface area contributed by atoms with Gasteiger partial charge in [0.15, 0.2) is 6.04 Å². The van der Waals surface area contributed by atoms with Gasteiger partial charge in [0.2, 0.25) is 0 Å². The molecule has 4 aromatic rings. The highest BCUT2D eigenvalue weighted by atomic mass is 35.5. The third-order valence-corrected chi connectivity index (χ3v) is 6.21. The first-order valence-corrected chi connectivity index (χ1v) is 11.4. The standard InChI is InChI=1S/C26H17Cl4NO/c27-20-7-1-17(2-8-20)25(18-3-9-21(28)10-4-18)31(24-15-13-23(30)14-16-24)26(32)19-5-11-22(29)12-6-19/h1-16,25H/p+1. The number of halogens is 4. The molecule has 1 N–H and O–H groups in total. The van der Waals surface area contributed by atoms with Gasteiger partial charge in [-0.1, -0.05) is 70.7 Å². The van der Waals surface area contributed by atoms with Gasteiger partial charge in [0, 0.05) is 43.4 Å². The lowest BCUT2D eigenvalue weighted by Crippen LogP contribution is -3.10. The molecule has 0 spiro atoms. The summed E-state index contributed by atoms with van der Waals surface area (Å²) >= 11 is 24.5. The Hall–Kier alpha value is -2.33. The molecular formula is C26H18Cl4NO+. The van der Waals surface area contributed by atoms with E-state index in [-0.39, 0.29) is 11.9 Å². The van der Waals surface area contributed by atoms with E-state index in [0.29, 0.717) is 30.6 Å². The molecule has 0 saturated heterocycles. The van der Waals surface area contributed by atoms with Crippen molar-refractivity contribution in [2.24, 2.45) is 0 Å². The van der Waals surface area contributed by atoms with Crippen LogP contribution in [0.1, 0.15) is 27.5 Å². The Bertz CT molecular complexity index is 1160. The van der Waals surface area contributed by atoms with E-state index in [4.69, 9.17) is 46.4 Å². The molecule has 0 aliphatic rings. The molecule has 0 aliphatic carbocycles. The Labute approximate surface area is 206 Å². The molecule has 2 nitrogen and oxygen atoms in total. The molecule has 0 saturated carbocycles. The van der Waals surface area contributed by atoms with Gasteiger partial charge in [-0.3, -0.25) is 0 Å². The number of benzene rings is 4. The SMILES string of the molecule is O=C(c1ccc(Cl)cc1)[NH+](c1ccc(Cl)cc1)C(c1ccc(Cl)cc1)c1ccc(Cl)cc1. The van der Waals surface area contributed by atoms with E-state index >= 15 is 0 Å².